The van der Waals surface area contributed by atoms with Crippen LogP contribution in [0, 0.1) is 18.3 Å². The number of carbonyl (C=O) groups is 2. The van der Waals surface area contributed by atoms with Crippen molar-refractivity contribution < 1.29 is 18.7 Å². The Morgan fingerprint density at radius 3 is 2.86 bits per heavy atom. The molecule has 0 saturated heterocycles. The van der Waals surface area contributed by atoms with Crippen molar-refractivity contribution in [2.45, 2.75) is 20.4 Å². The number of fused-ring (bicyclic) bond motifs is 1. The Morgan fingerprint density at radius 1 is 1.41 bits per heavy atom. The van der Waals surface area contributed by atoms with Gasteiger partial charge in [0, 0.05) is 5.02 Å². The van der Waals surface area contributed by atoms with E-state index in [1.165, 1.54) is 25.1 Å². The highest BCUT2D eigenvalue weighted by Gasteiger charge is 2.24. The molecular weight excluding hydrogens is 400 g/mol. The summed E-state index contributed by atoms with van der Waals surface area (Å²) < 4.78 is 11.4. The minimum Gasteiger partial charge on any atom is -0.462 e. The van der Waals surface area contributed by atoms with Crippen molar-refractivity contribution in [2.75, 3.05) is 11.9 Å². The molecule has 0 bridgehead atoms. The average molecular weight is 415 g/mol. The topological polar surface area (TPSA) is 127 Å². The average Bonchev–Trinajstić information content (AvgIpc) is 3.01. The smallest absolute Gasteiger partial charge is 0.342 e. The van der Waals surface area contributed by atoms with Crippen molar-refractivity contribution in [2.24, 2.45) is 0 Å². The summed E-state index contributed by atoms with van der Waals surface area (Å²) in [5.74, 6) is -1.09. The third kappa shape index (κ3) is 3.97. The molecule has 0 unspecified atom stereocenters. The fraction of sp³-hybridized carbons (Fsp3) is 0.211. The first-order chi connectivity index (χ1) is 13.8. The molecule has 0 aliphatic rings. The number of benzene rings is 1. The van der Waals surface area contributed by atoms with Crippen LogP contribution in [0.5, 0.6) is 0 Å². The number of esters is 1. The summed E-state index contributed by atoms with van der Waals surface area (Å²) >= 11 is 5.90. The Labute approximate surface area is 169 Å². The van der Waals surface area contributed by atoms with Crippen molar-refractivity contribution in [3.05, 3.63) is 56.8 Å². The zero-order chi connectivity index (χ0) is 21.1. The van der Waals surface area contributed by atoms with E-state index in [0.717, 1.165) is 10.9 Å². The lowest BCUT2D eigenvalue weighted by molar-refractivity contribution is -0.116. The van der Waals surface area contributed by atoms with E-state index in [9.17, 15) is 14.4 Å². The summed E-state index contributed by atoms with van der Waals surface area (Å²) in [6.45, 7) is 2.89. The van der Waals surface area contributed by atoms with Crippen molar-refractivity contribution in [3.8, 4) is 6.07 Å². The molecule has 0 saturated carbocycles. The molecule has 1 aromatic carbocycles. The third-order valence-corrected chi connectivity index (χ3v) is 4.26. The maximum absolute atomic E-state index is 12.8. The number of anilines is 1. The van der Waals surface area contributed by atoms with Crippen molar-refractivity contribution in [1.29, 1.82) is 5.26 Å². The molecule has 3 rings (SSSR count). The first-order valence-corrected chi connectivity index (χ1v) is 8.88. The van der Waals surface area contributed by atoms with Crippen LogP contribution in [0.4, 0.5) is 5.69 Å². The molecule has 10 heteroatoms. The Morgan fingerprint density at radius 2 is 2.17 bits per heavy atom. The molecule has 0 aliphatic heterocycles. The van der Waals surface area contributed by atoms with E-state index < -0.39 is 24.0 Å². The third-order valence-electron chi connectivity index (χ3n) is 4.02. The van der Waals surface area contributed by atoms with Gasteiger partial charge in [-0.25, -0.2) is 9.78 Å². The van der Waals surface area contributed by atoms with Gasteiger partial charge in [-0.15, -0.1) is 0 Å². The molecule has 2 heterocycles. The molecule has 0 aliphatic carbocycles. The predicted molar refractivity (Wildman–Crippen MR) is 104 cm³/mol. The molecule has 29 heavy (non-hydrogen) atoms. The van der Waals surface area contributed by atoms with E-state index >= 15 is 0 Å². The van der Waals surface area contributed by atoms with Gasteiger partial charge in [0.05, 0.1) is 17.9 Å². The van der Waals surface area contributed by atoms with Gasteiger partial charge >= 0.3 is 5.97 Å². The number of halogens is 1. The number of amides is 1. The number of nitrogens with zero attached hydrogens (tertiary/aromatic N) is 3. The highest BCUT2D eigenvalue weighted by Crippen LogP contribution is 2.22. The van der Waals surface area contributed by atoms with E-state index in [1.54, 1.807) is 6.92 Å². The van der Waals surface area contributed by atoms with Crippen LogP contribution in [0.25, 0.3) is 11.1 Å². The second kappa shape index (κ2) is 8.16. The van der Waals surface area contributed by atoms with Gasteiger partial charge in [0.1, 0.15) is 35.7 Å². The second-order valence-corrected chi connectivity index (χ2v) is 6.40. The summed E-state index contributed by atoms with van der Waals surface area (Å²) in [6, 6.07) is 6.37. The Hall–Kier alpha value is -3.64. The van der Waals surface area contributed by atoms with Gasteiger partial charge in [-0.1, -0.05) is 11.6 Å². The minimum absolute atomic E-state index is 0.0179. The molecule has 9 nitrogen and oxygen atoms in total. The molecule has 0 atom stereocenters. The van der Waals surface area contributed by atoms with Crippen LogP contribution in [-0.4, -0.2) is 28.0 Å². The summed E-state index contributed by atoms with van der Waals surface area (Å²) in [7, 11) is 0. The van der Waals surface area contributed by atoms with Crippen molar-refractivity contribution >= 4 is 40.3 Å². The van der Waals surface area contributed by atoms with Crippen LogP contribution in [-0.2, 0) is 16.1 Å². The Balaban J connectivity index is 1.94. The van der Waals surface area contributed by atoms with Crippen LogP contribution < -0.4 is 10.9 Å². The molecule has 1 amide bonds. The molecule has 2 aromatic heterocycles. The quantitative estimate of drug-likeness (QED) is 0.635. The van der Waals surface area contributed by atoms with Crippen LogP contribution in [0.1, 0.15) is 28.6 Å². The zero-order valence-electron chi connectivity index (χ0n) is 15.5. The lowest BCUT2D eigenvalue weighted by Gasteiger charge is -2.09. The summed E-state index contributed by atoms with van der Waals surface area (Å²) in [4.78, 5) is 41.4. The number of rotatable bonds is 5. The van der Waals surface area contributed by atoms with Gasteiger partial charge in [0.2, 0.25) is 11.6 Å². The SMILES string of the molecule is CCOC(=O)c1c(C)oc2ncn(CC(=O)Nc3cc(Cl)ccc3C#N)c(=O)c12. The molecule has 0 radical (unpaired) electrons. The zero-order valence-corrected chi connectivity index (χ0v) is 16.2. The lowest BCUT2D eigenvalue weighted by Crippen LogP contribution is -2.28. The van der Waals surface area contributed by atoms with Gasteiger partial charge in [0.15, 0.2) is 0 Å². The van der Waals surface area contributed by atoms with Crippen LogP contribution in [0.2, 0.25) is 5.02 Å². The lowest BCUT2D eigenvalue weighted by atomic mass is 10.2. The number of nitriles is 1. The standard InChI is InChI=1S/C19H15ClN4O5/c1-3-28-19(27)15-10(2)29-17-16(15)18(26)24(9-22-17)8-14(25)23-13-6-12(20)5-4-11(13)7-21/h4-6,9H,3,8H2,1-2H3,(H,23,25). The fourth-order valence-corrected chi connectivity index (χ4v) is 2.93. The number of ether oxygens (including phenoxy) is 1. The first-order valence-electron chi connectivity index (χ1n) is 8.50. The summed E-state index contributed by atoms with van der Waals surface area (Å²) in [6.07, 6.45) is 1.14. The molecule has 0 fully saturated rings. The number of nitrogens with one attached hydrogen (secondary N) is 1. The van der Waals surface area contributed by atoms with E-state index in [1.807, 2.05) is 6.07 Å². The first kappa shape index (κ1) is 20.1. The molecule has 0 spiro atoms. The summed E-state index contributed by atoms with van der Waals surface area (Å²) in [5, 5.41) is 12.0. The highest BCUT2D eigenvalue weighted by molar-refractivity contribution is 6.31. The van der Waals surface area contributed by atoms with Crippen molar-refractivity contribution in [1.82, 2.24) is 9.55 Å². The number of aromatic nitrogens is 2. The van der Waals surface area contributed by atoms with E-state index in [-0.39, 0.29) is 40.3 Å². The predicted octanol–water partition coefficient (Wildman–Crippen LogP) is 2.64. The number of aryl methyl sites for hydroxylation is 1. The maximum Gasteiger partial charge on any atom is 0.342 e. The Bertz CT molecular complexity index is 1220. The largest absolute Gasteiger partial charge is 0.462 e. The molecule has 1 N–H and O–H groups in total. The van der Waals surface area contributed by atoms with E-state index in [0.29, 0.717) is 5.02 Å². The molecule has 148 valence electrons. The number of hydrogen-bond acceptors (Lipinski definition) is 7. The van der Waals surface area contributed by atoms with Crippen LogP contribution in [0.3, 0.4) is 0 Å². The van der Waals surface area contributed by atoms with Gasteiger partial charge in [0.25, 0.3) is 5.56 Å². The van der Waals surface area contributed by atoms with Crippen LogP contribution in [0.15, 0.2) is 33.7 Å². The molecule has 3 aromatic rings. The van der Waals surface area contributed by atoms with Gasteiger partial charge in [-0.3, -0.25) is 14.2 Å². The van der Waals surface area contributed by atoms with Crippen LogP contribution >= 0.6 is 11.6 Å². The Kier molecular flexibility index (Phi) is 5.66. The maximum atomic E-state index is 12.8. The number of furan rings is 1. The number of carbonyl (C=O) groups excluding carboxylic acids is 2. The highest BCUT2D eigenvalue weighted by atomic mass is 35.5. The minimum atomic E-state index is -0.706. The fourth-order valence-electron chi connectivity index (χ4n) is 2.76. The van der Waals surface area contributed by atoms with E-state index in [4.69, 9.17) is 26.0 Å². The van der Waals surface area contributed by atoms with Gasteiger partial charge in [-0.05, 0) is 32.0 Å². The second-order valence-electron chi connectivity index (χ2n) is 5.96. The van der Waals surface area contributed by atoms with E-state index in [2.05, 4.69) is 10.3 Å². The van der Waals surface area contributed by atoms with Gasteiger partial charge in [-0.2, -0.15) is 5.26 Å². The monoisotopic (exact) mass is 414 g/mol. The normalized spacial score (nSPS) is 10.6. The summed E-state index contributed by atoms with van der Waals surface area (Å²) in [5.41, 5.74) is -0.224. The number of hydrogen-bond donors (Lipinski definition) is 1. The van der Waals surface area contributed by atoms with Crippen molar-refractivity contribution in [3.63, 3.8) is 0 Å². The molecular formula is C19H15ClN4O5. The van der Waals surface area contributed by atoms with Gasteiger partial charge < -0.3 is 14.5 Å².